The summed E-state index contributed by atoms with van der Waals surface area (Å²) in [6, 6.07) is 5.57. The number of rotatable bonds is 5. The summed E-state index contributed by atoms with van der Waals surface area (Å²) in [6.07, 6.45) is 3.12. The van der Waals surface area contributed by atoms with E-state index in [-0.39, 0.29) is 0 Å². The van der Waals surface area contributed by atoms with Crippen LogP contribution in [-0.4, -0.2) is 15.6 Å². The number of aromatic carboxylic acids is 1. The first-order valence-electron chi connectivity index (χ1n) is 6.95. The fourth-order valence-corrected chi connectivity index (χ4v) is 2.82. The smallest absolute Gasteiger partial charge is 0.336 e. The molecule has 0 spiro atoms. The largest absolute Gasteiger partial charge is 0.478 e. The average molecular weight is 259 g/mol. The number of hydrogen-bond donors (Lipinski definition) is 1. The van der Waals surface area contributed by atoms with Crippen LogP contribution in [0.3, 0.4) is 0 Å². The molecule has 1 aromatic heterocycles. The van der Waals surface area contributed by atoms with E-state index in [1.165, 1.54) is 11.3 Å². The second-order valence-corrected chi connectivity index (χ2v) is 4.93. The second kappa shape index (κ2) is 5.47. The van der Waals surface area contributed by atoms with E-state index in [0.29, 0.717) is 5.56 Å². The van der Waals surface area contributed by atoms with E-state index in [2.05, 4.69) is 25.3 Å². The zero-order chi connectivity index (χ0) is 14.0. The second-order valence-electron chi connectivity index (χ2n) is 4.93. The molecule has 0 atom stereocenters. The van der Waals surface area contributed by atoms with E-state index in [4.69, 9.17) is 0 Å². The van der Waals surface area contributed by atoms with Gasteiger partial charge in [0.15, 0.2) is 0 Å². The lowest BCUT2D eigenvalue weighted by Gasteiger charge is -2.07. The Balaban J connectivity index is 2.74. The molecule has 1 heterocycles. The van der Waals surface area contributed by atoms with Gasteiger partial charge in [-0.2, -0.15) is 0 Å². The minimum Gasteiger partial charge on any atom is -0.478 e. The molecule has 3 nitrogen and oxygen atoms in total. The molecule has 2 aromatic rings. The quantitative estimate of drug-likeness (QED) is 0.881. The van der Waals surface area contributed by atoms with Gasteiger partial charge in [-0.25, -0.2) is 4.79 Å². The Labute approximate surface area is 113 Å². The maximum Gasteiger partial charge on any atom is 0.336 e. The SMILES string of the molecule is CCCCn1c(C)c(CC)c2c(C(=O)O)cccc21. The number of aryl methyl sites for hydroxylation is 2. The van der Waals surface area contributed by atoms with Crippen molar-refractivity contribution in [2.75, 3.05) is 0 Å². The maximum absolute atomic E-state index is 11.4. The van der Waals surface area contributed by atoms with Gasteiger partial charge in [0.25, 0.3) is 0 Å². The van der Waals surface area contributed by atoms with E-state index in [9.17, 15) is 9.90 Å². The van der Waals surface area contributed by atoms with Crippen LogP contribution in [0.2, 0.25) is 0 Å². The standard InChI is InChI=1S/C16H21NO2/c1-4-6-10-17-11(3)12(5-2)15-13(16(18)19)8-7-9-14(15)17/h7-9H,4-6,10H2,1-3H3,(H,18,19). The number of unbranched alkanes of at least 4 members (excludes halogenated alkanes) is 1. The van der Waals surface area contributed by atoms with E-state index < -0.39 is 5.97 Å². The van der Waals surface area contributed by atoms with Crippen LogP contribution >= 0.6 is 0 Å². The Hall–Kier alpha value is -1.77. The Morgan fingerprint density at radius 1 is 1.32 bits per heavy atom. The van der Waals surface area contributed by atoms with Gasteiger partial charge in [0.2, 0.25) is 0 Å². The fraction of sp³-hybridized carbons (Fsp3) is 0.438. The molecule has 0 unspecified atom stereocenters. The Morgan fingerprint density at radius 2 is 2.05 bits per heavy atom. The molecule has 0 aliphatic heterocycles. The highest BCUT2D eigenvalue weighted by molar-refractivity contribution is 6.05. The van der Waals surface area contributed by atoms with Crippen LogP contribution in [-0.2, 0) is 13.0 Å². The lowest BCUT2D eigenvalue weighted by atomic mass is 10.0. The van der Waals surface area contributed by atoms with Crippen molar-refractivity contribution >= 4 is 16.9 Å². The minimum absolute atomic E-state index is 0.424. The lowest BCUT2D eigenvalue weighted by Crippen LogP contribution is -2.00. The average Bonchev–Trinajstić information content (AvgIpc) is 2.67. The third-order valence-electron chi connectivity index (χ3n) is 3.80. The zero-order valence-corrected chi connectivity index (χ0v) is 11.9. The molecular weight excluding hydrogens is 238 g/mol. The minimum atomic E-state index is -0.840. The summed E-state index contributed by atoms with van der Waals surface area (Å²) in [4.78, 5) is 11.4. The van der Waals surface area contributed by atoms with Gasteiger partial charge in [0.05, 0.1) is 5.56 Å². The summed E-state index contributed by atoms with van der Waals surface area (Å²) in [5, 5.41) is 10.3. The molecule has 0 fully saturated rings. The topological polar surface area (TPSA) is 42.2 Å². The third kappa shape index (κ3) is 2.25. The molecule has 0 radical (unpaired) electrons. The molecule has 0 aliphatic carbocycles. The monoisotopic (exact) mass is 259 g/mol. The number of carboxylic acids is 1. The lowest BCUT2D eigenvalue weighted by molar-refractivity contribution is 0.0699. The van der Waals surface area contributed by atoms with Gasteiger partial charge in [-0.15, -0.1) is 0 Å². The Kier molecular flexibility index (Phi) is 3.93. The van der Waals surface area contributed by atoms with Gasteiger partial charge in [0, 0.05) is 23.1 Å². The van der Waals surface area contributed by atoms with Crippen LogP contribution in [0.1, 0.15) is 48.3 Å². The first-order valence-corrected chi connectivity index (χ1v) is 6.95. The molecule has 1 aromatic carbocycles. The van der Waals surface area contributed by atoms with Crippen molar-refractivity contribution in [3.8, 4) is 0 Å². The molecule has 1 N–H and O–H groups in total. The number of hydrogen-bond acceptors (Lipinski definition) is 1. The summed E-state index contributed by atoms with van der Waals surface area (Å²) in [5.41, 5.74) is 3.86. The van der Waals surface area contributed by atoms with E-state index in [0.717, 1.165) is 36.7 Å². The molecule has 0 amide bonds. The fourth-order valence-electron chi connectivity index (χ4n) is 2.82. The van der Waals surface area contributed by atoms with Crippen LogP contribution < -0.4 is 0 Å². The highest BCUT2D eigenvalue weighted by Crippen LogP contribution is 2.30. The van der Waals surface area contributed by atoms with Gasteiger partial charge in [-0.1, -0.05) is 26.3 Å². The molecule has 102 valence electrons. The predicted molar refractivity (Wildman–Crippen MR) is 77.9 cm³/mol. The molecule has 0 saturated carbocycles. The molecule has 2 rings (SSSR count). The van der Waals surface area contributed by atoms with E-state index in [1.807, 2.05) is 12.1 Å². The summed E-state index contributed by atoms with van der Waals surface area (Å²) in [7, 11) is 0. The van der Waals surface area contributed by atoms with E-state index in [1.54, 1.807) is 6.07 Å². The molecule has 19 heavy (non-hydrogen) atoms. The highest BCUT2D eigenvalue weighted by atomic mass is 16.4. The number of carboxylic acid groups (broad SMARTS) is 1. The number of aromatic nitrogens is 1. The van der Waals surface area contributed by atoms with Crippen LogP contribution in [0, 0.1) is 6.92 Å². The first-order chi connectivity index (χ1) is 9.11. The Bertz CT molecular complexity index is 611. The molecule has 3 heteroatoms. The molecular formula is C16H21NO2. The number of nitrogens with zero attached hydrogens (tertiary/aromatic N) is 1. The zero-order valence-electron chi connectivity index (χ0n) is 11.9. The van der Waals surface area contributed by atoms with Crippen molar-refractivity contribution in [1.29, 1.82) is 0 Å². The van der Waals surface area contributed by atoms with Crippen molar-refractivity contribution in [2.45, 2.75) is 46.6 Å². The van der Waals surface area contributed by atoms with Gasteiger partial charge in [-0.3, -0.25) is 0 Å². The number of benzene rings is 1. The summed E-state index contributed by atoms with van der Waals surface area (Å²) < 4.78 is 2.27. The van der Waals surface area contributed by atoms with Crippen LogP contribution in [0.25, 0.3) is 10.9 Å². The highest BCUT2D eigenvalue weighted by Gasteiger charge is 2.18. The van der Waals surface area contributed by atoms with Gasteiger partial charge in [-0.05, 0) is 37.5 Å². The van der Waals surface area contributed by atoms with Crippen LogP contribution in [0.5, 0.6) is 0 Å². The van der Waals surface area contributed by atoms with Crippen LogP contribution in [0.15, 0.2) is 18.2 Å². The van der Waals surface area contributed by atoms with Crippen molar-refractivity contribution in [2.24, 2.45) is 0 Å². The summed E-state index contributed by atoms with van der Waals surface area (Å²) >= 11 is 0. The van der Waals surface area contributed by atoms with E-state index >= 15 is 0 Å². The van der Waals surface area contributed by atoms with Crippen molar-refractivity contribution in [1.82, 2.24) is 4.57 Å². The normalized spacial score (nSPS) is 11.1. The van der Waals surface area contributed by atoms with Crippen molar-refractivity contribution in [3.63, 3.8) is 0 Å². The first kappa shape index (κ1) is 13.7. The number of fused-ring (bicyclic) bond motifs is 1. The Morgan fingerprint density at radius 3 is 2.63 bits per heavy atom. The van der Waals surface area contributed by atoms with Crippen molar-refractivity contribution < 1.29 is 9.90 Å². The van der Waals surface area contributed by atoms with Crippen LogP contribution in [0.4, 0.5) is 0 Å². The van der Waals surface area contributed by atoms with Crippen molar-refractivity contribution in [3.05, 3.63) is 35.0 Å². The number of carbonyl (C=O) groups is 1. The maximum atomic E-state index is 11.4. The molecule has 0 aliphatic rings. The van der Waals surface area contributed by atoms with Gasteiger partial charge >= 0.3 is 5.97 Å². The van der Waals surface area contributed by atoms with Gasteiger partial charge < -0.3 is 9.67 Å². The third-order valence-corrected chi connectivity index (χ3v) is 3.80. The predicted octanol–water partition coefficient (Wildman–Crippen LogP) is 4.01. The summed E-state index contributed by atoms with van der Waals surface area (Å²) in [6.45, 7) is 7.32. The summed E-state index contributed by atoms with van der Waals surface area (Å²) in [5.74, 6) is -0.840. The van der Waals surface area contributed by atoms with Gasteiger partial charge in [0.1, 0.15) is 0 Å². The molecule has 0 saturated heterocycles. The molecule has 0 bridgehead atoms.